The number of hydrogen-bond acceptors (Lipinski definition) is 3. The van der Waals surface area contributed by atoms with E-state index in [-0.39, 0.29) is 12.0 Å². The van der Waals surface area contributed by atoms with Crippen molar-refractivity contribution in [1.82, 2.24) is 14.7 Å². The molecular formula is C18H29N3O2. The Hall–Kier alpha value is -1.36. The molecule has 0 unspecified atom stereocenters. The van der Waals surface area contributed by atoms with Gasteiger partial charge in [-0.1, -0.05) is 6.92 Å². The van der Waals surface area contributed by atoms with Crippen LogP contribution >= 0.6 is 0 Å². The number of nitrogens with zero attached hydrogens (tertiary/aromatic N) is 3. The molecule has 0 spiro atoms. The van der Waals surface area contributed by atoms with Crippen LogP contribution in [0.3, 0.4) is 0 Å². The van der Waals surface area contributed by atoms with E-state index in [9.17, 15) is 4.79 Å². The monoisotopic (exact) mass is 319 g/mol. The lowest BCUT2D eigenvalue weighted by molar-refractivity contribution is -0.146. The molecule has 0 aromatic carbocycles. The fourth-order valence-electron chi connectivity index (χ4n) is 3.96. The molecule has 23 heavy (non-hydrogen) atoms. The van der Waals surface area contributed by atoms with E-state index in [2.05, 4.69) is 30.0 Å². The van der Waals surface area contributed by atoms with Crippen molar-refractivity contribution >= 4 is 5.91 Å². The highest BCUT2D eigenvalue weighted by molar-refractivity contribution is 5.79. The predicted octanol–water partition coefficient (Wildman–Crippen LogP) is 2.81. The first-order valence-corrected chi connectivity index (χ1v) is 9.15. The number of piperidine rings is 1. The third-order valence-electron chi connectivity index (χ3n) is 5.41. The Morgan fingerprint density at radius 3 is 2.74 bits per heavy atom. The summed E-state index contributed by atoms with van der Waals surface area (Å²) in [4.78, 5) is 14.9. The minimum absolute atomic E-state index is 0.0770. The van der Waals surface area contributed by atoms with Gasteiger partial charge >= 0.3 is 0 Å². The number of aromatic nitrogens is 2. The summed E-state index contributed by atoms with van der Waals surface area (Å²) in [7, 11) is 0. The van der Waals surface area contributed by atoms with E-state index >= 15 is 0 Å². The summed E-state index contributed by atoms with van der Waals surface area (Å²) >= 11 is 0. The third-order valence-corrected chi connectivity index (χ3v) is 5.41. The molecule has 2 atom stereocenters. The van der Waals surface area contributed by atoms with Gasteiger partial charge in [0.15, 0.2) is 0 Å². The zero-order chi connectivity index (χ0) is 16.2. The number of ether oxygens (including phenoxy) is 1. The number of likely N-dealkylation sites (tertiary alicyclic amines) is 1. The van der Waals surface area contributed by atoms with Gasteiger partial charge in [0, 0.05) is 32.4 Å². The molecule has 5 nitrogen and oxygen atoms in total. The summed E-state index contributed by atoms with van der Waals surface area (Å²) in [6.07, 6.45) is 9.30. The Balaban J connectivity index is 1.56. The molecule has 0 aliphatic carbocycles. The van der Waals surface area contributed by atoms with Gasteiger partial charge in [0.2, 0.25) is 5.91 Å². The summed E-state index contributed by atoms with van der Waals surface area (Å²) in [6, 6.07) is 0. The highest BCUT2D eigenvalue weighted by Gasteiger charge is 2.35. The van der Waals surface area contributed by atoms with Crippen LogP contribution in [-0.2, 0) is 16.1 Å². The molecule has 0 radical (unpaired) electrons. The van der Waals surface area contributed by atoms with E-state index in [4.69, 9.17) is 4.74 Å². The van der Waals surface area contributed by atoms with E-state index in [0.29, 0.717) is 11.8 Å². The average Bonchev–Trinajstić information content (AvgIpc) is 3.10. The zero-order valence-electron chi connectivity index (χ0n) is 14.4. The van der Waals surface area contributed by atoms with Crippen LogP contribution in [0.25, 0.3) is 0 Å². The highest BCUT2D eigenvalue weighted by atomic mass is 16.5. The molecule has 3 rings (SSSR count). The molecule has 2 aliphatic rings. The first-order chi connectivity index (χ1) is 11.2. The van der Waals surface area contributed by atoms with Crippen LogP contribution in [0.5, 0.6) is 0 Å². The predicted molar refractivity (Wildman–Crippen MR) is 89.2 cm³/mol. The molecule has 0 saturated carbocycles. The van der Waals surface area contributed by atoms with Crippen molar-refractivity contribution in [2.45, 2.75) is 64.5 Å². The normalized spacial score (nSPS) is 26.4. The maximum Gasteiger partial charge on any atom is 0.228 e. The van der Waals surface area contributed by atoms with Crippen molar-refractivity contribution in [2.75, 3.05) is 19.7 Å². The molecule has 2 aliphatic heterocycles. The summed E-state index contributed by atoms with van der Waals surface area (Å²) < 4.78 is 7.78. The second-order valence-electron chi connectivity index (χ2n) is 6.80. The molecule has 1 aromatic heterocycles. The summed E-state index contributed by atoms with van der Waals surface area (Å²) in [6.45, 7) is 7.69. The Morgan fingerprint density at radius 1 is 1.30 bits per heavy atom. The third kappa shape index (κ3) is 3.60. The lowest BCUT2D eigenvalue weighted by Gasteiger charge is -2.37. The average molecular weight is 319 g/mol. The van der Waals surface area contributed by atoms with Crippen LogP contribution in [0.2, 0.25) is 0 Å². The number of hydrogen-bond donors (Lipinski definition) is 0. The molecule has 1 amide bonds. The zero-order valence-corrected chi connectivity index (χ0v) is 14.4. The Morgan fingerprint density at radius 2 is 2.09 bits per heavy atom. The molecule has 0 bridgehead atoms. The molecule has 2 saturated heterocycles. The van der Waals surface area contributed by atoms with Crippen molar-refractivity contribution in [3.63, 3.8) is 0 Å². The first-order valence-electron chi connectivity index (χ1n) is 9.15. The van der Waals surface area contributed by atoms with Gasteiger partial charge in [0.05, 0.1) is 18.2 Å². The number of rotatable bonds is 4. The van der Waals surface area contributed by atoms with Crippen LogP contribution < -0.4 is 0 Å². The maximum absolute atomic E-state index is 12.8. The number of carbonyl (C=O) groups is 1. The van der Waals surface area contributed by atoms with E-state index in [0.717, 1.165) is 58.3 Å². The molecule has 128 valence electrons. The minimum atomic E-state index is 0.0770. The van der Waals surface area contributed by atoms with Crippen LogP contribution in [0.1, 0.15) is 57.4 Å². The standard InChI is InChI=1S/C18H29N3O2/c1-3-17-16(6-5-11-23-17)18(22)20-9-7-14(8-10-20)15-12-19-21(4-2)13-15/h12-14,16-17H,3-11H2,1-2H3/t16-,17+/m1/s1. The first kappa shape index (κ1) is 16.5. The Labute approximate surface area is 139 Å². The second kappa shape index (κ2) is 7.47. The van der Waals surface area contributed by atoms with E-state index in [1.54, 1.807) is 0 Å². The topological polar surface area (TPSA) is 47.4 Å². The van der Waals surface area contributed by atoms with E-state index < -0.39 is 0 Å². The van der Waals surface area contributed by atoms with Crippen LogP contribution in [0.15, 0.2) is 12.4 Å². The van der Waals surface area contributed by atoms with Gasteiger partial charge in [-0.3, -0.25) is 9.48 Å². The molecule has 5 heteroatoms. The second-order valence-corrected chi connectivity index (χ2v) is 6.80. The number of aryl methyl sites for hydroxylation is 1. The summed E-state index contributed by atoms with van der Waals surface area (Å²) in [5, 5.41) is 4.38. The van der Waals surface area contributed by atoms with E-state index in [1.807, 2.05) is 10.9 Å². The fraction of sp³-hybridized carbons (Fsp3) is 0.778. The van der Waals surface area contributed by atoms with Crippen LogP contribution in [0.4, 0.5) is 0 Å². The molecule has 2 fully saturated rings. The van der Waals surface area contributed by atoms with Gasteiger partial charge in [-0.15, -0.1) is 0 Å². The molecule has 0 N–H and O–H groups in total. The SMILES string of the molecule is CC[C@@H]1OCCC[C@H]1C(=O)N1CCC(c2cnn(CC)c2)CC1. The van der Waals surface area contributed by atoms with Crippen molar-refractivity contribution in [2.24, 2.45) is 5.92 Å². The fourth-order valence-corrected chi connectivity index (χ4v) is 3.96. The molecule has 3 heterocycles. The van der Waals surface area contributed by atoms with Gasteiger partial charge in [-0.05, 0) is 50.5 Å². The van der Waals surface area contributed by atoms with Crippen molar-refractivity contribution in [3.05, 3.63) is 18.0 Å². The van der Waals surface area contributed by atoms with Gasteiger partial charge < -0.3 is 9.64 Å². The lowest BCUT2D eigenvalue weighted by atomic mass is 9.88. The van der Waals surface area contributed by atoms with Crippen molar-refractivity contribution in [1.29, 1.82) is 0 Å². The van der Waals surface area contributed by atoms with Crippen molar-refractivity contribution in [3.8, 4) is 0 Å². The largest absolute Gasteiger partial charge is 0.377 e. The van der Waals surface area contributed by atoms with Gasteiger partial charge in [0.1, 0.15) is 0 Å². The lowest BCUT2D eigenvalue weighted by Crippen LogP contribution is -2.46. The minimum Gasteiger partial charge on any atom is -0.377 e. The Kier molecular flexibility index (Phi) is 5.36. The quantitative estimate of drug-likeness (QED) is 0.857. The van der Waals surface area contributed by atoms with Crippen LogP contribution in [-0.4, -0.2) is 46.4 Å². The number of amides is 1. The van der Waals surface area contributed by atoms with Gasteiger partial charge in [-0.2, -0.15) is 5.10 Å². The molecular weight excluding hydrogens is 290 g/mol. The van der Waals surface area contributed by atoms with Crippen LogP contribution in [0, 0.1) is 5.92 Å². The molecule has 1 aromatic rings. The van der Waals surface area contributed by atoms with E-state index in [1.165, 1.54) is 5.56 Å². The summed E-state index contributed by atoms with van der Waals surface area (Å²) in [5.41, 5.74) is 1.33. The Bertz CT molecular complexity index is 520. The highest BCUT2D eigenvalue weighted by Crippen LogP contribution is 2.31. The van der Waals surface area contributed by atoms with Gasteiger partial charge in [-0.25, -0.2) is 0 Å². The van der Waals surface area contributed by atoms with Crippen molar-refractivity contribution < 1.29 is 9.53 Å². The maximum atomic E-state index is 12.8. The smallest absolute Gasteiger partial charge is 0.228 e. The number of carbonyl (C=O) groups excluding carboxylic acids is 1. The van der Waals surface area contributed by atoms with Gasteiger partial charge in [0.25, 0.3) is 0 Å². The summed E-state index contributed by atoms with van der Waals surface area (Å²) in [5.74, 6) is 0.941.